The van der Waals surface area contributed by atoms with Crippen LogP contribution in [0.3, 0.4) is 0 Å². The van der Waals surface area contributed by atoms with E-state index in [1.807, 2.05) is 24.3 Å². The summed E-state index contributed by atoms with van der Waals surface area (Å²) >= 11 is 1.21. The van der Waals surface area contributed by atoms with Gasteiger partial charge >= 0.3 is 5.97 Å². The number of hydrogen-bond acceptors (Lipinski definition) is 6. The number of aromatic carboxylic acids is 1. The minimum atomic E-state index is -1.01. The van der Waals surface area contributed by atoms with Crippen molar-refractivity contribution in [3.63, 3.8) is 0 Å². The van der Waals surface area contributed by atoms with Crippen LogP contribution in [0.25, 0.3) is 11.3 Å². The van der Waals surface area contributed by atoms with E-state index in [4.69, 9.17) is 4.74 Å². The molecule has 0 aliphatic rings. The number of nitrogens with zero attached hydrogens (tertiary/aromatic N) is 2. The van der Waals surface area contributed by atoms with Crippen molar-refractivity contribution in [2.24, 2.45) is 0 Å². The Bertz CT molecular complexity index is 1020. The number of carboxylic acids is 1. The second-order valence-corrected chi connectivity index (χ2v) is 6.31. The van der Waals surface area contributed by atoms with Crippen LogP contribution in [0.5, 0.6) is 5.75 Å². The third-order valence-electron chi connectivity index (χ3n) is 3.77. The molecular weight excluding hydrogens is 362 g/mol. The number of nitriles is 1. The second-order valence-electron chi connectivity index (χ2n) is 5.46. The Kier molecular flexibility index (Phi) is 5.59. The molecule has 3 rings (SSSR count). The lowest BCUT2D eigenvalue weighted by atomic mass is 10.1. The van der Waals surface area contributed by atoms with Gasteiger partial charge in [0.15, 0.2) is 0 Å². The molecule has 0 fully saturated rings. The van der Waals surface area contributed by atoms with Gasteiger partial charge < -0.3 is 14.6 Å². The quantitative estimate of drug-likeness (QED) is 0.613. The summed E-state index contributed by atoms with van der Waals surface area (Å²) in [4.78, 5) is 16.2. The molecule has 134 valence electrons. The van der Waals surface area contributed by atoms with Crippen molar-refractivity contribution in [3.8, 4) is 23.1 Å². The van der Waals surface area contributed by atoms with Crippen LogP contribution in [-0.4, -0.2) is 23.2 Å². The van der Waals surface area contributed by atoms with Crippen molar-refractivity contribution in [2.45, 2.75) is 4.90 Å². The molecule has 0 aliphatic heterocycles. The van der Waals surface area contributed by atoms with E-state index in [2.05, 4.69) is 15.8 Å². The molecule has 27 heavy (non-hydrogen) atoms. The molecule has 0 amide bonds. The Morgan fingerprint density at radius 2 is 2.07 bits per heavy atom. The number of carbonyl (C=O) groups is 1. The molecule has 0 saturated heterocycles. The molecule has 0 radical (unpaired) electrons. The zero-order chi connectivity index (χ0) is 19.2. The van der Waals surface area contributed by atoms with Crippen molar-refractivity contribution < 1.29 is 14.6 Å². The summed E-state index contributed by atoms with van der Waals surface area (Å²) in [6, 6.07) is 17.6. The maximum atomic E-state index is 11.2. The smallest absolute Gasteiger partial charge is 0.335 e. The molecule has 7 heteroatoms. The lowest BCUT2D eigenvalue weighted by molar-refractivity contribution is 0.0696. The highest BCUT2D eigenvalue weighted by atomic mass is 32.2. The summed E-state index contributed by atoms with van der Waals surface area (Å²) in [7, 11) is 1.52. The van der Waals surface area contributed by atoms with Gasteiger partial charge in [-0.05, 0) is 60.5 Å². The highest BCUT2D eigenvalue weighted by Crippen LogP contribution is 2.35. The van der Waals surface area contributed by atoms with Crippen LogP contribution in [0.1, 0.15) is 15.9 Å². The van der Waals surface area contributed by atoms with E-state index < -0.39 is 5.97 Å². The number of methoxy groups -OCH3 is 1. The minimum Gasteiger partial charge on any atom is -0.496 e. The number of rotatable bonds is 6. The van der Waals surface area contributed by atoms with Gasteiger partial charge in [0.25, 0.3) is 0 Å². The SMILES string of the molecule is COc1ccc(C(=O)O)cc1SNc1cc(C#N)ccc1-c1ccccn1. The lowest BCUT2D eigenvalue weighted by Gasteiger charge is -2.13. The number of hydrogen-bond donors (Lipinski definition) is 2. The maximum absolute atomic E-state index is 11.2. The number of aromatic nitrogens is 1. The topological polar surface area (TPSA) is 95.2 Å². The van der Waals surface area contributed by atoms with Gasteiger partial charge in [0.1, 0.15) is 5.75 Å². The first kappa shape index (κ1) is 18.3. The lowest BCUT2D eigenvalue weighted by Crippen LogP contribution is -1.99. The van der Waals surface area contributed by atoms with Crippen LogP contribution in [0.15, 0.2) is 65.7 Å². The standard InChI is InChI=1S/C20H15N3O3S/c1-26-18-8-6-14(20(24)25)11-19(18)27-23-17-10-13(12-21)5-7-15(17)16-4-2-3-9-22-16/h2-11,23H,1H3,(H,24,25). The third kappa shape index (κ3) is 4.19. The highest BCUT2D eigenvalue weighted by molar-refractivity contribution is 8.00. The van der Waals surface area contributed by atoms with E-state index in [1.165, 1.54) is 31.2 Å². The monoisotopic (exact) mass is 377 g/mol. The zero-order valence-corrected chi connectivity index (χ0v) is 15.2. The van der Waals surface area contributed by atoms with Crippen LogP contribution < -0.4 is 9.46 Å². The summed E-state index contributed by atoms with van der Waals surface area (Å²) in [6.07, 6.45) is 1.70. The molecule has 1 aromatic heterocycles. The molecule has 0 aliphatic carbocycles. The van der Waals surface area contributed by atoms with Crippen molar-refractivity contribution in [2.75, 3.05) is 11.8 Å². The number of nitrogens with one attached hydrogen (secondary N) is 1. The predicted octanol–water partition coefficient (Wildman–Crippen LogP) is 4.45. The van der Waals surface area contributed by atoms with Gasteiger partial charge in [0.05, 0.1) is 40.6 Å². The van der Waals surface area contributed by atoms with E-state index in [0.717, 1.165) is 11.3 Å². The molecular formula is C20H15N3O3S. The Morgan fingerprint density at radius 1 is 1.22 bits per heavy atom. The van der Waals surface area contributed by atoms with Crippen LogP contribution in [-0.2, 0) is 0 Å². The number of ether oxygens (including phenoxy) is 1. The summed E-state index contributed by atoms with van der Waals surface area (Å²) < 4.78 is 8.51. The average Bonchev–Trinajstić information content (AvgIpc) is 2.72. The van der Waals surface area contributed by atoms with Crippen LogP contribution in [0.4, 0.5) is 5.69 Å². The van der Waals surface area contributed by atoms with Gasteiger partial charge in [0, 0.05) is 11.8 Å². The Hall–Kier alpha value is -3.50. The molecule has 0 spiro atoms. The first-order valence-corrected chi connectivity index (χ1v) is 8.74. The van der Waals surface area contributed by atoms with Gasteiger partial charge in [-0.1, -0.05) is 6.07 Å². The van der Waals surface area contributed by atoms with E-state index in [9.17, 15) is 15.2 Å². The fourth-order valence-electron chi connectivity index (χ4n) is 2.44. The van der Waals surface area contributed by atoms with E-state index in [1.54, 1.807) is 24.4 Å². The van der Waals surface area contributed by atoms with Crippen molar-refractivity contribution in [1.29, 1.82) is 5.26 Å². The third-order valence-corrected chi connectivity index (χ3v) is 4.63. The van der Waals surface area contributed by atoms with Crippen molar-refractivity contribution in [1.82, 2.24) is 4.98 Å². The largest absolute Gasteiger partial charge is 0.496 e. The molecule has 2 aromatic carbocycles. The van der Waals surface area contributed by atoms with E-state index in [-0.39, 0.29) is 5.56 Å². The van der Waals surface area contributed by atoms with Crippen LogP contribution in [0, 0.1) is 11.3 Å². The van der Waals surface area contributed by atoms with E-state index >= 15 is 0 Å². The molecule has 0 bridgehead atoms. The fraction of sp³-hybridized carbons (Fsp3) is 0.0500. The van der Waals surface area contributed by atoms with Gasteiger partial charge in [0.2, 0.25) is 0 Å². The second kappa shape index (κ2) is 8.25. The number of benzene rings is 2. The van der Waals surface area contributed by atoms with E-state index in [0.29, 0.717) is 21.9 Å². The van der Waals surface area contributed by atoms with Gasteiger partial charge in [-0.25, -0.2) is 4.79 Å². The molecule has 2 N–H and O–H groups in total. The summed E-state index contributed by atoms with van der Waals surface area (Å²) in [5.41, 5.74) is 2.95. The van der Waals surface area contributed by atoms with Gasteiger partial charge in [-0.2, -0.15) is 5.26 Å². The molecule has 3 aromatic rings. The number of anilines is 1. The fourth-order valence-corrected chi connectivity index (χ4v) is 3.27. The van der Waals surface area contributed by atoms with Gasteiger partial charge in [-0.3, -0.25) is 4.98 Å². The Labute approximate surface area is 160 Å². The van der Waals surface area contributed by atoms with Crippen LogP contribution >= 0.6 is 11.9 Å². The predicted molar refractivity (Wildman–Crippen MR) is 104 cm³/mol. The first-order chi connectivity index (χ1) is 13.1. The molecule has 0 atom stereocenters. The van der Waals surface area contributed by atoms with Crippen LogP contribution in [0.2, 0.25) is 0 Å². The summed E-state index contributed by atoms with van der Waals surface area (Å²) in [5.74, 6) is -0.464. The Balaban J connectivity index is 1.95. The number of carboxylic acid groups (broad SMARTS) is 1. The minimum absolute atomic E-state index is 0.163. The molecule has 0 saturated carbocycles. The summed E-state index contributed by atoms with van der Waals surface area (Å²) in [6.45, 7) is 0. The normalized spacial score (nSPS) is 10.1. The Morgan fingerprint density at radius 3 is 2.74 bits per heavy atom. The first-order valence-electron chi connectivity index (χ1n) is 7.92. The van der Waals surface area contributed by atoms with Crippen molar-refractivity contribution >= 4 is 23.6 Å². The maximum Gasteiger partial charge on any atom is 0.335 e. The van der Waals surface area contributed by atoms with Crippen molar-refractivity contribution in [3.05, 3.63) is 71.9 Å². The molecule has 1 heterocycles. The van der Waals surface area contributed by atoms with Gasteiger partial charge in [-0.15, -0.1) is 0 Å². The molecule has 6 nitrogen and oxygen atoms in total. The average molecular weight is 377 g/mol. The zero-order valence-electron chi connectivity index (χ0n) is 14.3. The number of pyridine rings is 1. The summed E-state index contributed by atoms with van der Waals surface area (Å²) in [5, 5.41) is 18.4. The molecule has 0 unspecified atom stereocenters. The highest BCUT2D eigenvalue weighted by Gasteiger charge is 2.12.